The highest BCUT2D eigenvalue weighted by Crippen LogP contribution is 2.68. The van der Waals surface area contributed by atoms with Gasteiger partial charge in [-0.15, -0.1) is 0 Å². The largest absolute Gasteiger partial charge is 0.490 e. The molecule has 2 bridgehead atoms. The van der Waals surface area contributed by atoms with Crippen molar-refractivity contribution in [2.75, 3.05) is 43.6 Å². The number of aliphatic hydroxyl groups excluding tert-OH is 4. The van der Waals surface area contributed by atoms with Gasteiger partial charge in [0.1, 0.15) is 66.3 Å². The first-order chi connectivity index (χ1) is 35.2. The maximum atomic E-state index is 13.7. The molecule has 10 heterocycles. The molecule has 16 atom stereocenters. The highest BCUT2D eigenvalue weighted by molar-refractivity contribution is 7.66. The third-order valence-corrected chi connectivity index (χ3v) is 17.2. The first-order valence-corrected chi connectivity index (χ1v) is 27.2. The van der Waals surface area contributed by atoms with E-state index in [9.17, 15) is 67.8 Å². The van der Waals surface area contributed by atoms with Crippen LogP contribution >= 0.6 is 31.3 Å². The van der Waals surface area contributed by atoms with E-state index in [1.165, 1.54) is 22.5 Å². The van der Waals surface area contributed by atoms with Crippen LogP contribution in [-0.4, -0.2) is 174 Å². The summed E-state index contributed by atoms with van der Waals surface area (Å²) >= 11 is 0. The molecule has 7 unspecified atom stereocenters. The van der Waals surface area contributed by atoms with E-state index in [0.29, 0.717) is 0 Å². The zero-order valence-corrected chi connectivity index (χ0v) is 41.2. The summed E-state index contributed by atoms with van der Waals surface area (Å²) in [6.07, 6.45) is -13.8. The molecule has 408 valence electrons. The summed E-state index contributed by atoms with van der Waals surface area (Å²) in [6, 6.07) is 0. The molecule has 6 aromatic rings. The van der Waals surface area contributed by atoms with Crippen molar-refractivity contribution in [1.29, 1.82) is 0 Å². The lowest BCUT2D eigenvalue weighted by atomic mass is 10.0. The zero-order chi connectivity index (χ0) is 53.9. The Bertz CT molecular complexity index is 3540. The number of hydrogen-bond acceptors (Lipinski definition) is 29. The second kappa shape index (κ2) is 19.1. The molecule has 0 radical (unpaired) electrons. The van der Waals surface area contributed by atoms with Gasteiger partial charge in [0.2, 0.25) is 17.7 Å². The van der Waals surface area contributed by atoms with Crippen LogP contribution in [0, 0.1) is 0 Å². The fourth-order valence-electron chi connectivity index (χ4n) is 8.73. The van der Waals surface area contributed by atoms with Gasteiger partial charge in [-0.25, -0.2) is 42.8 Å². The molecule has 4 saturated heterocycles. The number of H-pyrrole nitrogens is 2. The number of aromatic nitrogens is 12. The van der Waals surface area contributed by atoms with Gasteiger partial charge in [-0.05, 0) is 0 Å². The number of nitrogen functional groups attached to an aromatic ring is 3. The fraction of sp³-hybridized carbons (Fsp3) is 0.531. The first-order valence-electron chi connectivity index (χ1n) is 21.3. The van der Waals surface area contributed by atoms with Crippen molar-refractivity contribution in [3.8, 4) is 0 Å². The molecule has 0 amide bonds. The number of nitrogens with one attached hydrogen (secondary N) is 2. The predicted molar refractivity (Wildman–Crippen MR) is 237 cm³/mol. The molecule has 4 fully saturated rings. The number of phosphoric acid groups is 4. The Morgan fingerprint density at radius 3 is 2.08 bits per heavy atom. The minimum atomic E-state index is -6.21. The summed E-state index contributed by atoms with van der Waals surface area (Å²) in [5, 5.41) is 43.2. The van der Waals surface area contributed by atoms with Gasteiger partial charge in [0.25, 0.3) is 17.1 Å². The van der Waals surface area contributed by atoms with E-state index >= 15 is 0 Å². The molecular formula is C32H42N15O24P4+. The van der Waals surface area contributed by atoms with Crippen LogP contribution in [0.2, 0.25) is 0 Å². The smallest absolute Gasteiger partial charge is 0.387 e. The van der Waals surface area contributed by atoms with Crippen LogP contribution in [-0.2, 0) is 71.0 Å². The van der Waals surface area contributed by atoms with Crippen LogP contribution in [0.3, 0.4) is 0 Å². The van der Waals surface area contributed by atoms with Gasteiger partial charge in [-0.1, -0.05) is 4.98 Å². The van der Waals surface area contributed by atoms with Gasteiger partial charge in [-0.3, -0.25) is 51.4 Å². The second-order valence-electron chi connectivity index (χ2n) is 17.0. The van der Waals surface area contributed by atoms with Crippen LogP contribution in [0.5, 0.6) is 0 Å². The van der Waals surface area contributed by atoms with E-state index in [1.807, 2.05) is 0 Å². The van der Waals surface area contributed by atoms with Gasteiger partial charge in [-0.2, -0.15) is 13.6 Å². The van der Waals surface area contributed by atoms with Crippen LogP contribution in [0.1, 0.15) is 18.7 Å². The molecule has 4 aliphatic heterocycles. The Morgan fingerprint density at radius 1 is 0.747 bits per heavy atom. The number of phosphoric ester groups is 3. The summed E-state index contributed by atoms with van der Waals surface area (Å²) in [6.45, 7) is -4.08. The maximum absolute atomic E-state index is 13.7. The van der Waals surface area contributed by atoms with Gasteiger partial charge in [0.05, 0.1) is 46.1 Å². The Kier molecular flexibility index (Phi) is 13.6. The number of hydrogen-bond donors (Lipinski definition) is 13. The molecule has 75 heavy (non-hydrogen) atoms. The number of imidazole rings is 3. The molecule has 39 nitrogen and oxygen atoms in total. The van der Waals surface area contributed by atoms with Gasteiger partial charge in [0, 0.05) is 0 Å². The topological polar surface area (TPSA) is 562 Å². The number of ether oxygens (including phenoxy) is 4. The van der Waals surface area contributed by atoms with Crippen LogP contribution in [0.4, 0.5) is 17.7 Å². The van der Waals surface area contributed by atoms with E-state index < -0.39 is 142 Å². The van der Waals surface area contributed by atoms with Crippen LogP contribution in [0.25, 0.3) is 33.5 Å². The molecule has 43 heteroatoms. The van der Waals surface area contributed by atoms with Crippen molar-refractivity contribution in [3.63, 3.8) is 0 Å². The zero-order valence-electron chi connectivity index (χ0n) is 37.6. The number of fused-ring (bicyclic) bond motifs is 5. The lowest BCUT2D eigenvalue weighted by Gasteiger charge is -2.32. The SMILES string of the molecule is Cn1c[n+]([C@@H]2O[C@H](COP(=O)(O)OP(=O)(O)OP(=O)(O)OC[C@]34CO[C@@H](C3OP(=O)(O)OC[C@H]3O[C@@H](n5cnc6c(=O)[nH]c(N)nc65)[C@@H](O)C3O)[C@H](n3cnc5c(N)ncnc53)O4)C(O)[C@@H]2O)c2nc(N)[nH]c(=O)c21. The highest BCUT2D eigenvalue weighted by Gasteiger charge is 2.66. The number of rotatable bonds is 18. The van der Waals surface area contributed by atoms with Crippen molar-refractivity contribution in [2.24, 2.45) is 7.05 Å². The van der Waals surface area contributed by atoms with Crippen molar-refractivity contribution in [1.82, 2.24) is 53.6 Å². The lowest BCUT2D eigenvalue weighted by Crippen LogP contribution is -2.46. The molecule has 0 spiro atoms. The number of nitrogens with two attached hydrogens (primary N) is 3. The fourth-order valence-corrected chi connectivity index (χ4v) is 13.3. The number of aryl methyl sites for hydroxylation is 1. The quantitative estimate of drug-likeness (QED) is 0.0283. The molecule has 10 rings (SSSR count). The van der Waals surface area contributed by atoms with E-state index in [4.69, 9.17) is 54.2 Å². The minimum absolute atomic E-state index is 0.0230. The van der Waals surface area contributed by atoms with E-state index in [1.54, 1.807) is 0 Å². The summed E-state index contributed by atoms with van der Waals surface area (Å²) < 4.78 is 110. The number of aliphatic hydroxyl groups is 4. The second-order valence-corrected chi connectivity index (χ2v) is 23.0. The van der Waals surface area contributed by atoms with Crippen molar-refractivity contribution in [3.05, 3.63) is 46.0 Å². The molecule has 0 saturated carbocycles. The predicted octanol–water partition coefficient (Wildman–Crippen LogP) is -4.96. The lowest BCUT2D eigenvalue weighted by molar-refractivity contribution is -0.745. The Labute approximate surface area is 413 Å². The summed E-state index contributed by atoms with van der Waals surface area (Å²) in [4.78, 5) is 95.9. The summed E-state index contributed by atoms with van der Waals surface area (Å²) in [5.74, 6) is -0.703. The third kappa shape index (κ3) is 9.95. The maximum Gasteiger partial charge on any atom is 0.490 e. The minimum Gasteiger partial charge on any atom is -0.387 e. The molecule has 0 aliphatic carbocycles. The van der Waals surface area contributed by atoms with Crippen molar-refractivity contribution >= 4 is 82.5 Å². The molecule has 16 N–H and O–H groups in total. The number of anilines is 3. The molecule has 0 aromatic carbocycles. The average molecular weight is 1140 g/mol. The van der Waals surface area contributed by atoms with Gasteiger partial charge < -0.3 is 76.1 Å². The van der Waals surface area contributed by atoms with Crippen molar-refractivity contribution in [2.45, 2.75) is 73.1 Å². The summed E-state index contributed by atoms with van der Waals surface area (Å²) in [5.41, 5.74) is 13.2. The summed E-state index contributed by atoms with van der Waals surface area (Å²) in [7, 11) is -22.0. The molecule has 6 aromatic heterocycles. The molecule has 4 aliphatic rings. The Hall–Kier alpha value is -5.15. The van der Waals surface area contributed by atoms with E-state index in [-0.39, 0.29) is 51.2 Å². The van der Waals surface area contributed by atoms with Gasteiger partial charge in [0.15, 0.2) is 41.4 Å². The van der Waals surface area contributed by atoms with E-state index in [2.05, 4.69) is 48.5 Å². The normalized spacial score (nSPS) is 32.0. The third-order valence-electron chi connectivity index (χ3n) is 12.0. The number of nitrogens with zero attached hydrogens (tertiary/aromatic N) is 10. The number of aromatic amines is 2. The Morgan fingerprint density at radius 2 is 1.36 bits per heavy atom. The molecular weight excluding hydrogens is 1100 g/mol. The van der Waals surface area contributed by atoms with E-state index in [0.717, 1.165) is 28.1 Å². The average Bonchev–Trinajstić information content (AvgIpc) is 4.23. The highest BCUT2D eigenvalue weighted by atomic mass is 31.3. The van der Waals surface area contributed by atoms with Crippen LogP contribution in [0.15, 0.2) is 34.9 Å². The Balaban J connectivity index is 0.809. The van der Waals surface area contributed by atoms with Gasteiger partial charge >= 0.3 is 36.9 Å². The van der Waals surface area contributed by atoms with Crippen molar-refractivity contribution < 1.29 is 108 Å². The standard InChI is InChI=1S/C32H41N15O24P4/c1-44-9-47(24-14(44)26(53)43-31(35)41-24)28-18(51)16(49)11(67-28)3-64-73(56,57)70-75(60,61)71-74(58,59)65-5-32-4-62-19(29(68-32)45-7-38-12-21(33)36-6-37-22(12)45)20(32)69-72(54,55)63-2-10-15(48)17(50)27(66-10)46-8-39-13-23(46)40-30(34)42-25(13)52/h6-11,15-20,27-29,48-51H,2-5H2,1H3,(H11-,33,34,35,36,37,40,41,42,43,52,53,54,55,56,57,58,59,60,61)/p+1/t10-,11-,15?,16?,17+,18+,19+,20?,27-,28-,29-,32-/m1/s1. The first kappa shape index (κ1) is 53.3. The van der Waals surface area contributed by atoms with Crippen LogP contribution < -0.4 is 32.9 Å². The monoisotopic (exact) mass is 1140 g/mol.